The number of aromatic nitrogens is 4. The van der Waals surface area contributed by atoms with E-state index >= 15 is 0 Å². The molecule has 12 nitrogen and oxygen atoms in total. The molecule has 2 unspecified atom stereocenters. The van der Waals surface area contributed by atoms with Gasteiger partial charge in [-0.2, -0.15) is 0 Å². The maximum atomic E-state index is 13.5. The highest BCUT2D eigenvalue weighted by atomic mass is 16.6. The smallest absolute Gasteiger partial charge is 0.252 e. The van der Waals surface area contributed by atoms with E-state index in [-0.39, 0.29) is 30.2 Å². The van der Waals surface area contributed by atoms with Gasteiger partial charge in [-0.15, -0.1) is 0 Å². The molecule has 12 heteroatoms. The Hall–Kier alpha value is -4.19. The number of piperazine rings is 1. The minimum absolute atomic E-state index is 0.0429. The summed E-state index contributed by atoms with van der Waals surface area (Å²) in [4.78, 5) is 47.7. The lowest BCUT2D eigenvalue weighted by Crippen LogP contribution is -2.58. The monoisotopic (exact) mass is 575 g/mol. The van der Waals surface area contributed by atoms with Gasteiger partial charge in [-0.1, -0.05) is 19.9 Å². The van der Waals surface area contributed by atoms with Crippen molar-refractivity contribution in [3.05, 3.63) is 47.9 Å². The summed E-state index contributed by atoms with van der Waals surface area (Å²) in [6, 6.07) is 7.32. The fourth-order valence-corrected chi connectivity index (χ4v) is 5.57. The maximum absolute atomic E-state index is 13.5. The van der Waals surface area contributed by atoms with Crippen LogP contribution in [0.4, 0.5) is 5.82 Å². The van der Waals surface area contributed by atoms with Gasteiger partial charge in [0.05, 0.1) is 6.04 Å². The van der Waals surface area contributed by atoms with Crippen LogP contribution in [-0.4, -0.2) is 88.3 Å². The first-order chi connectivity index (χ1) is 20.4. The van der Waals surface area contributed by atoms with Gasteiger partial charge in [0.1, 0.15) is 25.1 Å². The van der Waals surface area contributed by atoms with Crippen LogP contribution >= 0.6 is 0 Å². The number of rotatable bonds is 8. The average molecular weight is 576 g/mol. The van der Waals surface area contributed by atoms with Crippen LogP contribution in [0.25, 0.3) is 11.6 Å². The molecule has 3 aliphatic rings. The Kier molecular flexibility index (Phi) is 8.22. The van der Waals surface area contributed by atoms with E-state index in [0.29, 0.717) is 75.6 Å². The molecule has 2 fully saturated rings. The van der Waals surface area contributed by atoms with E-state index in [0.717, 1.165) is 23.5 Å². The Morgan fingerprint density at radius 2 is 1.95 bits per heavy atom. The summed E-state index contributed by atoms with van der Waals surface area (Å²) in [6.07, 6.45) is 4.71. The number of benzene rings is 1. The Morgan fingerprint density at radius 3 is 2.71 bits per heavy atom. The molecule has 5 heterocycles. The second kappa shape index (κ2) is 12.4. The van der Waals surface area contributed by atoms with Gasteiger partial charge in [0, 0.05) is 63.4 Å². The number of hydrogen-bond acceptors (Lipinski definition) is 9. The summed E-state index contributed by atoms with van der Waals surface area (Å²) >= 11 is 0. The predicted octanol–water partition coefficient (Wildman–Crippen LogP) is 2.66. The number of nitrogens with one attached hydrogen (secondary N) is 2. The van der Waals surface area contributed by atoms with E-state index in [4.69, 9.17) is 24.2 Å². The number of hydrogen-bond donors (Lipinski definition) is 2. The number of H-pyrrole nitrogens is 1. The summed E-state index contributed by atoms with van der Waals surface area (Å²) in [5.41, 5.74) is 1.82. The zero-order valence-corrected chi connectivity index (χ0v) is 24.0. The maximum Gasteiger partial charge on any atom is 0.252 e. The summed E-state index contributed by atoms with van der Waals surface area (Å²) < 4.78 is 17.0. The minimum Gasteiger partial charge on any atom is -0.486 e. The lowest BCUT2D eigenvalue weighted by Gasteiger charge is -2.42. The van der Waals surface area contributed by atoms with Crippen LogP contribution in [-0.2, 0) is 20.9 Å². The highest BCUT2D eigenvalue weighted by molar-refractivity contribution is 5.83. The lowest BCUT2D eigenvalue weighted by molar-refractivity contribution is -0.144. The van der Waals surface area contributed by atoms with Crippen molar-refractivity contribution in [2.45, 2.75) is 57.7 Å². The Labute approximate surface area is 244 Å². The Morgan fingerprint density at radius 1 is 1.10 bits per heavy atom. The molecule has 2 saturated heterocycles. The number of nitrogens with zero attached hydrogens (tertiary/aromatic N) is 5. The van der Waals surface area contributed by atoms with Gasteiger partial charge in [-0.05, 0) is 36.5 Å². The summed E-state index contributed by atoms with van der Waals surface area (Å²) in [5.74, 6) is 3.28. The van der Waals surface area contributed by atoms with Crippen molar-refractivity contribution < 1.29 is 23.8 Å². The molecule has 222 valence electrons. The predicted molar refractivity (Wildman–Crippen MR) is 154 cm³/mol. The molecule has 3 aromatic rings. The van der Waals surface area contributed by atoms with Crippen LogP contribution in [0.5, 0.6) is 11.5 Å². The highest BCUT2D eigenvalue weighted by Crippen LogP contribution is 2.31. The summed E-state index contributed by atoms with van der Waals surface area (Å²) in [6.45, 7) is 7.66. The van der Waals surface area contributed by atoms with E-state index < -0.39 is 6.10 Å². The van der Waals surface area contributed by atoms with Gasteiger partial charge in [0.25, 0.3) is 5.91 Å². The molecule has 2 N–H and O–H groups in total. The first kappa shape index (κ1) is 28.0. The molecule has 2 amide bonds. The van der Waals surface area contributed by atoms with Crippen LogP contribution in [0, 0.1) is 0 Å². The van der Waals surface area contributed by atoms with E-state index in [9.17, 15) is 9.59 Å². The number of amides is 2. The van der Waals surface area contributed by atoms with Crippen LogP contribution in [0.2, 0.25) is 0 Å². The van der Waals surface area contributed by atoms with E-state index in [2.05, 4.69) is 34.0 Å². The first-order valence-electron chi connectivity index (χ1n) is 14.7. The molecule has 0 saturated carbocycles. The molecule has 0 bridgehead atoms. The standard InChI is InChI=1S/C30H37N7O5/c1-19(2)22-16-26(35-29(34-22)28-31-7-8-32-28)36-9-10-37(30(39)24-4-3-11-40-24)21(18-36)15-27(38)33-17-20-5-6-23-25(14-20)42-13-12-41-23/h5-8,14,16,19,21,24H,3-4,9-13,15,17-18H2,1-2H3,(H,31,32)(H,33,38). The lowest BCUT2D eigenvalue weighted by atomic mass is 10.0. The molecule has 2 atom stereocenters. The third kappa shape index (κ3) is 6.18. The Bertz CT molecular complexity index is 1410. The first-order valence-corrected chi connectivity index (χ1v) is 14.7. The van der Waals surface area contributed by atoms with Gasteiger partial charge in [0.15, 0.2) is 23.1 Å². The molecule has 0 aliphatic carbocycles. The zero-order valence-electron chi connectivity index (χ0n) is 24.0. The van der Waals surface area contributed by atoms with Crippen LogP contribution in [0.1, 0.15) is 50.3 Å². The Balaban J connectivity index is 1.19. The van der Waals surface area contributed by atoms with Gasteiger partial charge >= 0.3 is 0 Å². The third-order valence-corrected chi connectivity index (χ3v) is 7.85. The molecular formula is C30H37N7O5. The molecular weight excluding hydrogens is 538 g/mol. The number of anilines is 1. The SMILES string of the molecule is CC(C)c1cc(N2CCN(C(=O)C3CCCO3)C(CC(=O)NCc3ccc4c(c3)OCCO4)C2)nc(-c2ncc[nH]2)n1. The topological polar surface area (TPSA) is 135 Å². The molecule has 1 aromatic carbocycles. The fraction of sp³-hybridized carbons (Fsp3) is 0.500. The zero-order chi connectivity index (χ0) is 29.1. The number of aromatic amines is 1. The number of ether oxygens (including phenoxy) is 3. The van der Waals surface area contributed by atoms with Crippen molar-refractivity contribution in [3.63, 3.8) is 0 Å². The third-order valence-electron chi connectivity index (χ3n) is 7.85. The van der Waals surface area contributed by atoms with Gasteiger partial charge in [0.2, 0.25) is 5.91 Å². The van der Waals surface area contributed by atoms with Crippen LogP contribution < -0.4 is 19.7 Å². The second-order valence-corrected chi connectivity index (χ2v) is 11.2. The minimum atomic E-state index is -0.447. The largest absolute Gasteiger partial charge is 0.486 e. The van der Waals surface area contributed by atoms with Crippen molar-refractivity contribution in [3.8, 4) is 23.1 Å². The normalized spacial score (nSPS) is 20.2. The number of imidazole rings is 1. The quantitative estimate of drug-likeness (QED) is 0.416. The summed E-state index contributed by atoms with van der Waals surface area (Å²) in [5, 5.41) is 3.03. The summed E-state index contributed by atoms with van der Waals surface area (Å²) in [7, 11) is 0. The fourth-order valence-electron chi connectivity index (χ4n) is 5.57. The number of fused-ring (bicyclic) bond motifs is 1. The van der Waals surface area contributed by atoms with Crippen molar-refractivity contribution in [1.82, 2.24) is 30.2 Å². The van der Waals surface area contributed by atoms with Crippen molar-refractivity contribution in [2.24, 2.45) is 0 Å². The van der Waals surface area contributed by atoms with Gasteiger partial charge < -0.3 is 34.3 Å². The van der Waals surface area contributed by atoms with Crippen molar-refractivity contribution >= 4 is 17.6 Å². The van der Waals surface area contributed by atoms with Crippen LogP contribution in [0.15, 0.2) is 36.7 Å². The van der Waals surface area contributed by atoms with E-state index in [1.807, 2.05) is 29.2 Å². The highest BCUT2D eigenvalue weighted by Gasteiger charge is 2.37. The molecule has 0 spiro atoms. The van der Waals surface area contributed by atoms with Crippen molar-refractivity contribution in [1.29, 1.82) is 0 Å². The molecule has 0 radical (unpaired) electrons. The van der Waals surface area contributed by atoms with E-state index in [1.54, 1.807) is 12.4 Å². The van der Waals surface area contributed by atoms with E-state index in [1.165, 1.54) is 0 Å². The molecule has 2 aromatic heterocycles. The molecule has 42 heavy (non-hydrogen) atoms. The van der Waals surface area contributed by atoms with Crippen LogP contribution in [0.3, 0.4) is 0 Å². The van der Waals surface area contributed by atoms with Gasteiger partial charge in [-0.25, -0.2) is 15.0 Å². The number of carbonyl (C=O) groups is 2. The average Bonchev–Trinajstić information content (AvgIpc) is 3.75. The van der Waals surface area contributed by atoms with Crippen molar-refractivity contribution in [2.75, 3.05) is 44.4 Å². The number of carbonyl (C=O) groups excluding carboxylic acids is 2. The molecule has 3 aliphatic heterocycles. The second-order valence-electron chi connectivity index (χ2n) is 11.2. The van der Waals surface area contributed by atoms with Gasteiger partial charge in [-0.3, -0.25) is 9.59 Å². The molecule has 6 rings (SSSR count).